The molecule has 1 rings (SSSR count). The van der Waals surface area contributed by atoms with Crippen molar-refractivity contribution in [1.29, 1.82) is 0 Å². The molecular weight excluding hydrogens is 246 g/mol. The number of anilines is 1. The zero-order chi connectivity index (χ0) is 14.6. The molecule has 0 fully saturated rings. The summed E-state index contributed by atoms with van der Waals surface area (Å²) in [6.45, 7) is 3.93. The maximum absolute atomic E-state index is 12.2. The maximum Gasteiger partial charge on any atom is 0.293 e. The van der Waals surface area contributed by atoms with Gasteiger partial charge in [0.2, 0.25) is 0 Å². The average molecular weight is 265 g/mol. The summed E-state index contributed by atoms with van der Waals surface area (Å²) in [6.07, 6.45) is 0.832. The molecule has 0 bridgehead atoms. The number of nitro benzene ring substituents is 1. The van der Waals surface area contributed by atoms with E-state index < -0.39 is 4.92 Å². The number of benzene rings is 1. The third-order valence-electron chi connectivity index (χ3n) is 3.28. The Hall–Kier alpha value is -2.11. The van der Waals surface area contributed by atoms with E-state index in [9.17, 15) is 14.9 Å². The number of hydrogen-bond acceptors (Lipinski definition) is 4. The fraction of sp³-hybridized carbons (Fsp3) is 0.462. The SMILES string of the molecule is CCC(C)N(C)C(=O)c1ccc(NC)c([N+](=O)[O-])c1. The molecule has 0 saturated heterocycles. The zero-order valence-electron chi connectivity index (χ0n) is 11.6. The molecule has 1 N–H and O–H groups in total. The van der Waals surface area contributed by atoms with Gasteiger partial charge in [0.1, 0.15) is 5.69 Å². The second kappa shape index (κ2) is 6.17. The van der Waals surface area contributed by atoms with E-state index in [-0.39, 0.29) is 17.6 Å². The number of amides is 1. The number of nitrogens with zero attached hydrogens (tertiary/aromatic N) is 2. The Bertz CT molecular complexity index is 488. The van der Waals surface area contributed by atoms with Gasteiger partial charge in [0, 0.05) is 31.8 Å². The van der Waals surface area contributed by atoms with Crippen LogP contribution in [-0.4, -0.2) is 35.9 Å². The molecule has 1 atom stereocenters. The molecule has 104 valence electrons. The number of nitro groups is 1. The molecule has 0 aliphatic carbocycles. The normalized spacial score (nSPS) is 11.8. The zero-order valence-corrected chi connectivity index (χ0v) is 11.6. The fourth-order valence-corrected chi connectivity index (χ4v) is 1.70. The van der Waals surface area contributed by atoms with Crippen molar-refractivity contribution in [2.75, 3.05) is 19.4 Å². The summed E-state index contributed by atoms with van der Waals surface area (Å²) in [5.41, 5.74) is 0.632. The van der Waals surface area contributed by atoms with Crippen LogP contribution < -0.4 is 5.32 Å². The minimum atomic E-state index is -0.494. The van der Waals surface area contributed by atoms with Gasteiger partial charge in [0.25, 0.3) is 11.6 Å². The summed E-state index contributed by atoms with van der Waals surface area (Å²) in [6, 6.07) is 4.55. The van der Waals surface area contributed by atoms with E-state index >= 15 is 0 Å². The summed E-state index contributed by atoms with van der Waals surface area (Å²) in [4.78, 5) is 24.3. The van der Waals surface area contributed by atoms with Crippen molar-refractivity contribution >= 4 is 17.3 Å². The van der Waals surface area contributed by atoms with Gasteiger partial charge in [-0.1, -0.05) is 6.92 Å². The van der Waals surface area contributed by atoms with Gasteiger partial charge in [-0.05, 0) is 25.5 Å². The Morgan fingerprint density at radius 3 is 2.63 bits per heavy atom. The summed E-state index contributed by atoms with van der Waals surface area (Å²) in [7, 11) is 3.31. The topological polar surface area (TPSA) is 75.5 Å². The van der Waals surface area contributed by atoms with Gasteiger partial charge in [0.15, 0.2) is 0 Å². The molecule has 0 radical (unpaired) electrons. The van der Waals surface area contributed by atoms with Gasteiger partial charge in [0.05, 0.1) is 4.92 Å². The van der Waals surface area contributed by atoms with E-state index in [1.165, 1.54) is 6.07 Å². The molecule has 1 amide bonds. The summed E-state index contributed by atoms with van der Waals surface area (Å²) in [5.74, 6) is -0.208. The number of carbonyl (C=O) groups is 1. The van der Waals surface area contributed by atoms with E-state index in [0.29, 0.717) is 11.3 Å². The predicted octanol–water partition coefficient (Wildman–Crippen LogP) is 2.51. The number of hydrogen-bond donors (Lipinski definition) is 1. The highest BCUT2D eigenvalue weighted by Gasteiger charge is 2.20. The molecular formula is C13H19N3O3. The Morgan fingerprint density at radius 2 is 2.16 bits per heavy atom. The third kappa shape index (κ3) is 3.21. The van der Waals surface area contributed by atoms with Gasteiger partial charge in [-0.25, -0.2) is 0 Å². The minimum absolute atomic E-state index is 0.0918. The molecule has 0 aliphatic rings. The van der Waals surface area contributed by atoms with Crippen molar-refractivity contribution in [2.24, 2.45) is 0 Å². The van der Waals surface area contributed by atoms with E-state index in [2.05, 4.69) is 5.32 Å². The van der Waals surface area contributed by atoms with Crippen molar-refractivity contribution in [3.05, 3.63) is 33.9 Å². The van der Waals surface area contributed by atoms with Crippen LogP contribution in [0.25, 0.3) is 0 Å². The van der Waals surface area contributed by atoms with Gasteiger partial charge in [-0.2, -0.15) is 0 Å². The molecule has 19 heavy (non-hydrogen) atoms. The van der Waals surface area contributed by atoms with Gasteiger partial charge >= 0.3 is 0 Å². The first-order chi connectivity index (χ1) is 8.92. The van der Waals surface area contributed by atoms with Crippen LogP contribution in [0.1, 0.15) is 30.6 Å². The van der Waals surface area contributed by atoms with Crippen LogP contribution in [0.3, 0.4) is 0 Å². The number of nitrogens with one attached hydrogen (secondary N) is 1. The summed E-state index contributed by atoms with van der Waals surface area (Å²) >= 11 is 0. The molecule has 0 heterocycles. The van der Waals surface area contributed by atoms with Crippen molar-refractivity contribution < 1.29 is 9.72 Å². The molecule has 6 nitrogen and oxygen atoms in total. The highest BCUT2D eigenvalue weighted by Crippen LogP contribution is 2.25. The quantitative estimate of drug-likeness (QED) is 0.655. The van der Waals surface area contributed by atoms with Crippen molar-refractivity contribution in [3.8, 4) is 0 Å². The smallest absolute Gasteiger partial charge is 0.293 e. The van der Waals surface area contributed by atoms with Crippen LogP contribution in [0, 0.1) is 10.1 Å². The molecule has 0 aromatic heterocycles. The molecule has 1 unspecified atom stereocenters. The van der Waals surface area contributed by atoms with E-state index in [1.807, 2.05) is 13.8 Å². The Balaban J connectivity index is 3.12. The first-order valence-electron chi connectivity index (χ1n) is 6.15. The lowest BCUT2D eigenvalue weighted by atomic mass is 10.1. The van der Waals surface area contributed by atoms with Crippen molar-refractivity contribution in [3.63, 3.8) is 0 Å². The highest BCUT2D eigenvalue weighted by molar-refractivity contribution is 5.95. The van der Waals surface area contributed by atoms with Gasteiger partial charge < -0.3 is 10.2 Å². The Kier molecular flexibility index (Phi) is 4.86. The second-order valence-corrected chi connectivity index (χ2v) is 4.41. The van der Waals surface area contributed by atoms with Crippen LogP contribution in [-0.2, 0) is 0 Å². The van der Waals surface area contributed by atoms with Crippen LogP contribution in [0.5, 0.6) is 0 Å². The standard InChI is InChI=1S/C13H19N3O3/c1-5-9(2)15(4)13(17)10-6-7-11(14-3)12(8-10)16(18)19/h6-9,14H,5H2,1-4H3. The van der Waals surface area contributed by atoms with E-state index in [0.717, 1.165) is 6.42 Å². The van der Waals surface area contributed by atoms with E-state index in [4.69, 9.17) is 0 Å². The second-order valence-electron chi connectivity index (χ2n) is 4.41. The van der Waals surface area contributed by atoms with Crippen LogP contribution in [0.4, 0.5) is 11.4 Å². The molecule has 0 spiro atoms. The number of carbonyl (C=O) groups excluding carboxylic acids is 1. The van der Waals surface area contributed by atoms with Crippen LogP contribution in [0.15, 0.2) is 18.2 Å². The lowest BCUT2D eigenvalue weighted by Crippen LogP contribution is -2.34. The largest absolute Gasteiger partial charge is 0.383 e. The fourth-order valence-electron chi connectivity index (χ4n) is 1.70. The Labute approximate surface area is 112 Å². The first-order valence-corrected chi connectivity index (χ1v) is 6.15. The first kappa shape index (κ1) is 14.9. The monoisotopic (exact) mass is 265 g/mol. The maximum atomic E-state index is 12.2. The number of rotatable bonds is 5. The molecule has 1 aromatic carbocycles. The average Bonchev–Trinajstić information content (AvgIpc) is 2.43. The minimum Gasteiger partial charge on any atom is -0.383 e. The third-order valence-corrected chi connectivity index (χ3v) is 3.28. The van der Waals surface area contributed by atoms with Gasteiger partial charge in [-0.15, -0.1) is 0 Å². The molecule has 0 aliphatic heterocycles. The predicted molar refractivity (Wildman–Crippen MR) is 74.5 cm³/mol. The Morgan fingerprint density at radius 1 is 1.53 bits per heavy atom. The molecule has 0 saturated carbocycles. The van der Waals surface area contributed by atoms with Gasteiger partial charge in [-0.3, -0.25) is 14.9 Å². The van der Waals surface area contributed by atoms with E-state index in [1.54, 1.807) is 31.1 Å². The highest BCUT2D eigenvalue weighted by atomic mass is 16.6. The summed E-state index contributed by atoms with van der Waals surface area (Å²) in [5, 5.41) is 13.7. The molecule has 6 heteroatoms. The molecule has 1 aromatic rings. The van der Waals surface area contributed by atoms with Crippen LogP contribution >= 0.6 is 0 Å². The lowest BCUT2D eigenvalue weighted by Gasteiger charge is -2.23. The van der Waals surface area contributed by atoms with Crippen LogP contribution in [0.2, 0.25) is 0 Å². The lowest BCUT2D eigenvalue weighted by molar-refractivity contribution is -0.384. The summed E-state index contributed by atoms with van der Waals surface area (Å²) < 4.78 is 0. The van der Waals surface area contributed by atoms with Crippen molar-refractivity contribution in [1.82, 2.24) is 4.90 Å². The van der Waals surface area contributed by atoms with Crippen molar-refractivity contribution in [2.45, 2.75) is 26.3 Å².